The molecule has 0 radical (unpaired) electrons. The Bertz CT molecular complexity index is 406. The molecule has 0 spiro atoms. The number of nitrogens with zero attached hydrogens (tertiary/aromatic N) is 2. The number of nitrogen functional groups attached to an aromatic ring is 1. The van der Waals surface area contributed by atoms with E-state index in [4.69, 9.17) is 10.5 Å². The van der Waals surface area contributed by atoms with Crippen LogP contribution in [-0.4, -0.2) is 41.7 Å². The van der Waals surface area contributed by atoms with Crippen molar-refractivity contribution in [3.05, 3.63) is 17.8 Å². The third-order valence-corrected chi connectivity index (χ3v) is 3.04. The number of anilines is 1. The number of amides is 1. The van der Waals surface area contributed by atoms with Crippen molar-refractivity contribution in [1.82, 2.24) is 9.47 Å². The molecule has 0 aliphatic carbocycles. The van der Waals surface area contributed by atoms with Crippen molar-refractivity contribution >= 4 is 11.7 Å². The highest BCUT2D eigenvalue weighted by molar-refractivity contribution is 5.98. The molecule has 2 N–H and O–H groups in total. The Kier molecular flexibility index (Phi) is 3.38. The topological polar surface area (TPSA) is 60.5 Å². The van der Waals surface area contributed by atoms with Gasteiger partial charge in [0.15, 0.2) is 0 Å². The van der Waals surface area contributed by atoms with Gasteiger partial charge in [-0.05, 0) is 19.9 Å². The highest BCUT2D eigenvalue weighted by Gasteiger charge is 2.22. The van der Waals surface area contributed by atoms with Crippen molar-refractivity contribution in [3.63, 3.8) is 0 Å². The Hall–Kier alpha value is -1.49. The van der Waals surface area contributed by atoms with Gasteiger partial charge in [0.1, 0.15) is 5.82 Å². The summed E-state index contributed by atoms with van der Waals surface area (Å²) in [5.74, 6) is 0.557. The van der Waals surface area contributed by atoms with Gasteiger partial charge >= 0.3 is 0 Å². The zero-order valence-corrected chi connectivity index (χ0v) is 10.3. The van der Waals surface area contributed by atoms with Crippen LogP contribution in [0.15, 0.2) is 12.3 Å². The molecule has 5 nitrogen and oxygen atoms in total. The summed E-state index contributed by atoms with van der Waals surface area (Å²) in [4.78, 5) is 14.0. The molecule has 2 heterocycles. The fraction of sp³-hybridized carbons (Fsp3) is 0.583. The number of carbonyl (C=O) groups is 1. The standard InChI is InChI=1S/C12H19N3O2/c1-9(2)15-4-3-10(11(15)13)12(16)14-5-7-17-8-6-14/h3-4,9H,5-8,13H2,1-2H3. The fourth-order valence-corrected chi connectivity index (χ4v) is 2.03. The highest BCUT2D eigenvalue weighted by Crippen LogP contribution is 2.20. The number of morpholine rings is 1. The van der Waals surface area contributed by atoms with E-state index in [1.807, 2.05) is 24.6 Å². The Morgan fingerprint density at radius 1 is 1.41 bits per heavy atom. The molecule has 1 amide bonds. The zero-order valence-electron chi connectivity index (χ0n) is 10.3. The smallest absolute Gasteiger partial charge is 0.257 e. The Labute approximate surface area is 101 Å². The van der Waals surface area contributed by atoms with Gasteiger partial charge in [0.25, 0.3) is 5.91 Å². The van der Waals surface area contributed by atoms with Gasteiger partial charge in [-0.15, -0.1) is 0 Å². The van der Waals surface area contributed by atoms with Gasteiger partial charge in [0.2, 0.25) is 0 Å². The van der Waals surface area contributed by atoms with Crippen molar-refractivity contribution in [1.29, 1.82) is 0 Å². The van der Waals surface area contributed by atoms with E-state index < -0.39 is 0 Å². The number of carbonyl (C=O) groups excluding carboxylic acids is 1. The first-order valence-electron chi connectivity index (χ1n) is 5.94. The molecule has 5 heteroatoms. The molecule has 94 valence electrons. The third-order valence-electron chi connectivity index (χ3n) is 3.04. The van der Waals surface area contributed by atoms with Crippen molar-refractivity contribution in [2.45, 2.75) is 19.9 Å². The molecular formula is C12H19N3O2. The number of aromatic nitrogens is 1. The van der Waals surface area contributed by atoms with Crippen molar-refractivity contribution in [2.75, 3.05) is 32.0 Å². The van der Waals surface area contributed by atoms with Crippen LogP contribution in [0.5, 0.6) is 0 Å². The zero-order chi connectivity index (χ0) is 12.4. The summed E-state index contributed by atoms with van der Waals surface area (Å²) in [5.41, 5.74) is 6.59. The Balaban J connectivity index is 2.19. The molecule has 0 unspecified atom stereocenters. The second kappa shape index (κ2) is 4.79. The summed E-state index contributed by atoms with van der Waals surface area (Å²) in [6.07, 6.45) is 1.87. The lowest BCUT2D eigenvalue weighted by Crippen LogP contribution is -2.40. The van der Waals surface area contributed by atoms with Gasteiger partial charge in [-0.2, -0.15) is 0 Å². The predicted molar refractivity (Wildman–Crippen MR) is 66.0 cm³/mol. The maximum atomic E-state index is 12.2. The number of hydrogen-bond donors (Lipinski definition) is 1. The summed E-state index contributed by atoms with van der Waals surface area (Å²) in [6, 6.07) is 2.06. The van der Waals surface area contributed by atoms with E-state index in [1.54, 1.807) is 11.0 Å². The van der Waals surface area contributed by atoms with E-state index in [-0.39, 0.29) is 11.9 Å². The van der Waals surface area contributed by atoms with Crippen LogP contribution in [0.25, 0.3) is 0 Å². The van der Waals surface area contributed by atoms with Crippen LogP contribution >= 0.6 is 0 Å². The summed E-state index contributed by atoms with van der Waals surface area (Å²) < 4.78 is 7.14. The molecule has 1 aromatic heterocycles. The minimum absolute atomic E-state index is 0.00481. The quantitative estimate of drug-likeness (QED) is 0.838. The molecule has 1 fully saturated rings. The molecule has 0 aromatic carbocycles. The van der Waals surface area contributed by atoms with E-state index in [0.717, 1.165) is 0 Å². The second-order valence-electron chi connectivity index (χ2n) is 4.52. The normalized spacial score (nSPS) is 16.5. The summed E-state index contributed by atoms with van der Waals surface area (Å²) in [6.45, 7) is 6.59. The predicted octanol–water partition coefficient (Wildman–Crippen LogP) is 1.12. The van der Waals surface area contributed by atoms with Gasteiger partial charge in [0, 0.05) is 25.3 Å². The minimum Gasteiger partial charge on any atom is -0.384 e. The first-order valence-corrected chi connectivity index (χ1v) is 5.94. The van der Waals surface area contributed by atoms with E-state index in [9.17, 15) is 4.79 Å². The molecule has 2 rings (SSSR count). The highest BCUT2D eigenvalue weighted by atomic mass is 16.5. The average molecular weight is 237 g/mol. The van der Waals surface area contributed by atoms with Crippen LogP contribution in [-0.2, 0) is 4.74 Å². The van der Waals surface area contributed by atoms with Gasteiger partial charge in [-0.1, -0.05) is 0 Å². The molecule has 0 saturated carbocycles. The molecular weight excluding hydrogens is 218 g/mol. The fourth-order valence-electron chi connectivity index (χ4n) is 2.03. The lowest BCUT2D eigenvalue weighted by atomic mass is 10.2. The van der Waals surface area contributed by atoms with Crippen LogP contribution in [0.1, 0.15) is 30.2 Å². The van der Waals surface area contributed by atoms with Crippen molar-refractivity contribution < 1.29 is 9.53 Å². The van der Waals surface area contributed by atoms with Gasteiger partial charge in [-0.25, -0.2) is 0 Å². The largest absolute Gasteiger partial charge is 0.384 e. The van der Waals surface area contributed by atoms with Crippen LogP contribution < -0.4 is 5.73 Å². The summed E-state index contributed by atoms with van der Waals surface area (Å²) >= 11 is 0. The second-order valence-corrected chi connectivity index (χ2v) is 4.52. The van der Waals surface area contributed by atoms with Crippen molar-refractivity contribution in [3.8, 4) is 0 Å². The number of rotatable bonds is 2. The maximum absolute atomic E-state index is 12.2. The third kappa shape index (κ3) is 2.29. The number of nitrogens with two attached hydrogens (primary N) is 1. The molecule has 1 aromatic rings. The van der Waals surface area contributed by atoms with Crippen LogP contribution in [0.2, 0.25) is 0 Å². The SMILES string of the molecule is CC(C)n1ccc(C(=O)N2CCOCC2)c1N. The molecule has 17 heavy (non-hydrogen) atoms. The first-order chi connectivity index (χ1) is 8.11. The van der Waals surface area contributed by atoms with Crippen molar-refractivity contribution in [2.24, 2.45) is 0 Å². The van der Waals surface area contributed by atoms with Gasteiger partial charge < -0.3 is 19.9 Å². The van der Waals surface area contributed by atoms with Crippen LogP contribution in [0.3, 0.4) is 0 Å². The molecule has 0 atom stereocenters. The lowest BCUT2D eigenvalue weighted by molar-refractivity contribution is 0.0303. The number of hydrogen-bond acceptors (Lipinski definition) is 3. The summed E-state index contributed by atoms with van der Waals surface area (Å²) in [5, 5.41) is 0. The van der Waals surface area contributed by atoms with Gasteiger partial charge in [-0.3, -0.25) is 4.79 Å². The lowest BCUT2D eigenvalue weighted by Gasteiger charge is -2.26. The van der Waals surface area contributed by atoms with E-state index in [2.05, 4.69) is 0 Å². The monoisotopic (exact) mass is 237 g/mol. The maximum Gasteiger partial charge on any atom is 0.257 e. The Morgan fingerprint density at radius 3 is 2.59 bits per heavy atom. The van der Waals surface area contributed by atoms with E-state index >= 15 is 0 Å². The first kappa shape index (κ1) is 12.0. The molecule has 1 aliphatic rings. The van der Waals surface area contributed by atoms with Crippen LogP contribution in [0.4, 0.5) is 5.82 Å². The summed E-state index contributed by atoms with van der Waals surface area (Å²) in [7, 11) is 0. The number of ether oxygens (including phenoxy) is 1. The van der Waals surface area contributed by atoms with Crippen LogP contribution in [0, 0.1) is 0 Å². The average Bonchev–Trinajstić information content (AvgIpc) is 2.71. The van der Waals surface area contributed by atoms with Gasteiger partial charge in [0.05, 0.1) is 18.8 Å². The van der Waals surface area contributed by atoms with E-state index in [1.165, 1.54) is 0 Å². The molecule has 1 saturated heterocycles. The molecule has 0 bridgehead atoms. The minimum atomic E-state index is 0.00481. The molecule has 1 aliphatic heterocycles. The Morgan fingerprint density at radius 2 is 2.06 bits per heavy atom. The van der Waals surface area contributed by atoms with E-state index in [0.29, 0.717) is 37.7 Å².